The normalized spacial score (nSPS) is 11.8. The molecule has 0 radical (unpaired) electrons. The van der Waals surface area contributed by atoms with E-state index in [0.29, 0.717) is 0 Å². The number of carbonyl (C=O) groups is 2. The van der Waals surface area contributed by atoms with Crippen molar-refractivity contribution in [3.63, 3.8) is 0 Å². The SMILES string of the molecule is COC(=O)[C@@H](C)NCC(=O)Nc1ccc(C)c(C)c1. The standard InChI is InChI=1S/C14H20N2O3/c1-9-5-6-12(7-10(9)2)16-13(17)8-15-11(3)14(18)19-4/h5-7,11,15H,8H2,1-4H3,(H,16,17)/t11-/m1/s1. The maximum absolute atomic E-state index is 11.7. The van der Waals surface area contributed by atoms with Crippen molar-refractivity contribution in [2.75, 3.05) is 19.0 Å². The van der Waals surface area contributed by atoms with E-state index < -0.39 is 6.04 Å². The van der Waals surface area contributed by atoms with E-state index in [1.54, 1.807) is 6.92 Å². The van der Waals surface area contributed by atoms with Gasteiger partial charge in [-0.15, -0.1) is 0 Å². The molecule has 0 heterocycles. The summed E-state index contributed by atoms with van der Waals surface area (Å²) in [5, 5.41) is 5.56. The number of carbonyl (C=O) groups excluding carboxylic acids is 2. The number of benzene rings is 1. The number of ether oxygens (including phenoxy) is 1. The van der Waals surface area contributed by atoms with E-state index in [-0.39, 0.29) is 18.4 Å². The molecule has 0 aliphatic carbocycles. The lowest BCUT2D eigenvalue weighted by Crippen LogP contribution is -2.39. The Hall–Kier alpha value is -1.88. The van der Waals surface area contributed by atoms with E-state index in [4.69, 9.17) is 0 Å². The fourth-order valence-corrected chi connectivity index (χ4v) is 1.53. The Kier molecular flexibility index (Phi) is 5.51. The van der Waals surface area contributed by atoms with E-state index in [9.17, 15) is 9.59 Å². The fourth-order valence-electron chi connectivity index (χ4n) is 1.53. The number of aryl methyl sites for hydroxylation is 2. The average molecular weight is 264 g/mol. The lowest BCUT2D eigenvalue weighted by atomic mass is 10.1. The lowest BCUT2D eigenvalue weighted by molar-refractivity contribution is -0.142. The van der Waals surface area contributed by atoms with Crippen LogP contribution in [0.25, 0.3) is 0 Å². The minimum absolute atomic E-state index is 0.0587. The van der Waals surface area contributed by atoms with Crippen molar-refractivity contribution < 1.29 is 14.3 Å². The van der Waals surface area contributed by atoms with Crippen molar-refractivity contribution in [2.24, 2.45) is 0 Å². The third-order valence-electron chi connectivity index (χ3n) is 2.91. The Morgan fingerprint density at radius 3 is 2.53 bits per heavy atom. The summed E-state index contributed by atoms with van der Waals surface area (Å²) < 4.78 is 4.56. The van der Waals surface area contributed by atoms with Gasteiger partial charge in [0.2, 0.25) is 5.91 Å². The number of hydrogen-bond donors (Lipinski definition) is 2. The number of amides is 1. The van der Waals surface area contributed by atoms with Crippen molar-refractivity contribution >= 4 is 17.6 Å². The summed E-state index contributed by atoms with van der Waals surface area (Å²) in [7, 11) is 1.32. The number of esters is 1. The van der Waals surface area contributed by atoms with Gasteiger partial charge in [-0.3, -0.25) is 14.9 Å². The van der Waals surface area contributed by atoms with Crippen LogP contribution in [0.3, 0.4) is 0 Å². The molecule has 1 amide bonds. The molecule has 0 bridgehead atoms. The van der Waals surface area contributed by atoms with Crippen LogP contribution in [-0.4, -0.2) is 31.6 Å². The number of rotatable bonds is 5. The summed E-state index contributed by atoms with van der Waals surface area (Å²) in [6, 6.07) is 5.21. The summed E-state index contributed by atoms with van der Waals surface area (Å²) >= 11 is 0. The van der Waals surface area contributed by atoms with Gasteiger partial charge in [-0.25, -0.2) is 0 Å². The van der Waals surface area contributed by atoms with E-state index >= 15 is 0 Å². The van der Waals surface area contributed by atoms with Gasteiger partial charge in [0.25, 0.3) is 0 Å². The van der Waals surface area contributed by atoms with Crippen LogP contribution < -0.4 is 10.6 Å². The molecule has 0 saturated carbocycles. The summed E-state index contributed by atoms with van der Waals surface area (Å²) in [4.78, 5) is 22.8. The third-order valence-corrected chi connectivity index (χ3v) is 2.91. The van der Waals surface area contributed by atoms with Crippen molar-refractivity contribution in [3.05, 3.63) is 29.3 Å². The van der Waals surface area contributed by atoms with Gasteiger partial charge >= 0.3 is 5.97 Å². The van der Waals surface area contributed by atoms with Gasteiger partial charge in [0, 0.05) is 5.69 Å². The Bertz CT molecular complexity index is 472. The molecule has 0 aliphatic rings. The molecule has 0 unspecified atom stereocenters. The van der Waals surface area contributed by atoms with Gasteiger partial charge < -0.3 is 10.1 Å². The first-order valence-electron chi connectivity index (χ1n) is 6.12. The highest BCUT2D eigenvalue weighted by atomic mass is 16.5. The Balaban J connectivity index is 2.47. The smallest absolute Gasteiger partial charge is 0.322 e. The second kappa shape index (κ2) is 6.89. The Morgan fingerprint density at radius 2 is 1.95 bits per heavy atom. The first kappa shape index (κ1) is 15.2. The molecule has 0 saturated heterocycles. The van der Waals surface area contributed by atoms with E-state index in [1.165, 1.54) is 12.7 Å². The highest BCUT2D eigenvalue weighted by Crippen LogP contribution is 2.13. The molecular weight excluding hydrogens is 244 g/mol. The van der Waals surface area contributed by atoms with Crippen molar-refractivity contribution in [2.45, 2.75) is 26.8 Å². The molecule has 19 heavy (non-hydrogen) atoms. The topological polar surface area (TPSA) is 67.4 Å². The first-order valence-corrected chi connectivity index (χ1v) is 6.12. The number of anilines is 1. The molecular formula is C14H20N2O3. The third kappa shape index (κ3) is 4.71. The highest BCUT2D eigenvalue weighted by molar-refractivity contribution is 5.92. The number of methoxy groups -OCH3 is 1. The largest absolute Gasteiger partial charge is 0.468 e. The lowest BCUT2D eigenvalue weighted by Gasteiger charge is -2.12. The summed E-state index contributed by atoms with van der Waals surface area (Å²) in [6.45, 7) is 5.71. The fraction of sp³-hybridized carbons (Fsp3) is 0.429. The highest BCUT2D eigenvalue weighted by Gasteiger charge is 2.13. The minimum Gasteiger partial charge on any atom is -0.468 e. The number of hydrogen-bond acceptors (Lipinski definition) is 4. The quantitative estimate of drug-likeness (QED) is 0.789. The van der Waals surface area contributed by atoms with Crippen LogP contribution in [0.2, 0.25) is 0 Å². The maximum Gasteiger partial charge on any atom is 0.322 e. The van der Waals surface area contributed by atoms with Crippen LogP contribution in [0.1, 0.15) is 18.1 Å². The maximum atomic E-state index is 11.7. The van der Waals surface area contributed by atoms with Gasteiger partial charge in [-0.2, -0.15) is 0 Å². The van der Waals surface area contributed by atoms with Crippen LogP contribution in [0.15, 0.2) is 18.2 Å². The van der Waals surface area contributed by atoms with Crippen molar-refractivity contribution in [1.29, 1.82) is 0 Å². The Morgan fingerprint density at radius 1 is 1.26 bits per heavy atom. The molecule has 1 rings (SSSR count). The van der Waals surface area contributed by atoms with Gasteiger partial charge in [0.05, 0.1) is 13.7 Å². The predicted molar refractivity (Wildman–Crippen MR) is 74.0 cm³/mol. The molecule has 1 aromatic carbocycles. The molecule has 0 aromatic heterocycles. The molecule has 0 aliphatic heterocycles. The van der Waals surface area contributed by atoms with Crippen molar-refractivity contribution in [1.82, 2.24) is 5.32 Å². The molecule has 1 aromatic rings. The second-order valence-corrected chi connectivity index (χ2v) is 4.47. The predicted octanol–water partition coefficient (Wildman–Crippen LogP) is 1.39. The average Bonchev–Trinajstić information content (AvgIpc) is 2.39. The van der Waals surface area contributed by atoms with E-state index in [1.807, 2.05) is 32.0 Å². The van der Waals surface area contributed by atoms with Crippen LogP contribution >= 0.6 is 0 Å². The zero-order valence-electron chi connectivity index (χ0n) is 11.7. The molecule has 0 spiro atoms. The first-order chi connectivity index (χ1) is 8.93. The van der Waals surface area contributed by atoms with Gasteiger partial charge in [-0.1, -0.05) is 6.07 Å². The summed E-state index contributed by atoms with van der Waals surface area (Å²) in [5.74, 6) is -0.585. The van der Waals surface area contributed by atoms with E-state index in [0.717, 1.165) is 11.3 Å². The van der Waals surface area contributed by atoms with Crippen LogP contribution in [0.4, 0.5) is 5.69 Å². The van der Waals surface area contributed by atoms with E-state index in [2.05, 4.69) is 15.4 Å². The molecule has 104 valence electrons. The van der Waals surface area contributed by atoms with Crippen LogP contribution in [0.5, 0.6) is 0 Å². The second-order valence-electron chi connectivity index (χ2n) is 4.47. The summed E-state index contributed by atoms with van der Waals surface area (Å²) in [5.41, 5.74) is 3.05. The minimum atomic E-state index is -0.504. The van der Waals surface area contributed by atoms with Gasteiger partial charge in [0.15, 0.2) is 0 Å². The zero-order chi connectivity index (χ0) is 14.4. The van der Waals surface area contributed by atoms with Gasteiger partial charge in [-0.05, 0) is 44.0 Å². The molecule has 0 fully saturated rings. The molecule has 5 nitrogen and oxygen atoms in total. The monoisotopic (exact) mass is 264 g/mol. The van der Waals surface area contributed by atoms with Gasteiger partial charge in [0.1, 0.15) is 6.04 Å². The zero-order valence-corrected chi connectivity index (χ0v) is 11.7. The van der Waals surface area contributed by atoms with Crippen LogP contribution in [-0.2, 0) is 14.3 Å². The molecule has 5 heteroatoms. The number of nitrogens with one attached hydrogen (secondary N) is 2. The van der Waals surface area contributed by atoms with Crippen LogP contribution in [0, 0.1) is 13.8 Å². The Labute approximate surface area is 113 Å². The van der Waals surface area contributed by atoms with Crippen molar-refractivity contribution in [3.8, 4) is 0 Å². The molecule has 2 N–H and O–H groups in total. The summed E-state index contributed by atoms with van der Waals surface area (Å²) in [6.07, 6.45) is 0. The molecule has 1 atom stereocenters.